The summed E-state index contributed by atoms with van der Waals surface area (Å²) in [5.41, 5.74) is 1.40. The smallest absolute Gasteiger partial charge is 0.443 e. The van der Waals surface area contributed by atoms with Crippen LogP contribution in [0.4, 0.5) is 22.4 Å². The van der Waals surface area contributed by atoms with Crippen molar-refractivity contribution in [1.82, 2.24) is 4.90 Å². The molecule has 1 atom stereocenters. The maximum Gasteiger partial charge on any atom is 0.461 e. The van der Waals surface area contributed by atoms with Crippen LogP contribution < -0.4 is 4.74 Å². The fourth-order valence-corrected chi connectivity index (χ4v) is 3.35. The number of alkyl halides is 4. The van der Waals surface area contributed by atoms with E-state index in [4.69, 9.17) is 4.74 Å². The first-order valence-electron chi connectivity index (χ1n) is 9.98. The molecule has 1 unspecified atom stereocenters. The fraction of sp³-hybridized carbons (Fsp3) is 0.391. The normalized spacial score (nSPS) is 17.1. The van der Waals surface area contributed by atoms with Crippen LogP contribution in [0.3, 0.4) is 0 Å². The number of likely N-dealkylation sites (tertiary alicyclic amines) is 1. The van der Waals surface area contributed by atoms with Gasteiger partial charge in [-0.25, -0.2) is 9.69 Å². The van der Waals surface area contributed by atoms with Crippen molar-refractivity contribution in [3.05, 3.63) is 54.1 Å². The lowest BCUT2D eigenvalue weighted by molar-refractivity contribution is -0.253. The molecule has 2 aromatic carbocycles. The molecule has 0 radical (unpaired) electrons. The number of ether oxygens (including phenoxy) is 2. The van der Waals surface area contributed by atoms with Gasteiger partial charge in [-0.2, -0.15) is 17.6 Å². The molecule has 1 saturated heterocycles. The Morgan fingerprint density at radius 2 is 1.53 bits per heavy atom. The monoisotopic (exact) mass is 453 g/mol. The lowest BCUT2D eigenvalue weighted by atomic mass is 9.99. The van der Waals surface area contributed by atoms with E-state index in [0.717, 1.165) is 16.0 Å². The number of amides is 2. The topological polar surface area (TPSA) is 55.8 Å². The van der Waals surface area contributed by atoms with Crippen LogP contribution in [0.1, 0.15) is 45.2 Å². The first kappa shape index (κ1) is 23.6. The number of imide groups is 1. The van der Waals surface area contributed by atoms with Gasteiger partial charge < -0.3 is 9.47 Å². The summed E-state index contributed by atoms with van der Waals surface area (Å²) < 4.78 is 60.0. The summed E-state index contributed by atoms with van der Waals surface area (Å²) in [5, 5.41) is 0. The first-order chi connectivity index (χ1) is 14.9. The van der Waals surface area contributed by atoms with Crippen molar-refractivity contribution in [2.75, 3.05) is 0 Å². The predicted molar refractivity (Wildman–Crippen MR) is 109 cm³/mol. The van der Waals surface area contributed by atoms with E-state index >= 15 is 0 Å². The average Bonchev–Trinajstić information content (AvgIpc) is 3.09. The average molecular weight is 453 g/mol. The molecular formula is C23H23F4NO4. The molecule has 1 heterocycles. The Labute approximate surface area is 182 Å². The number of carbonyl (C=O) groups is 2. The Hall–Kier alpha value is -3.10. The first-order valence-corrected chi connectivity index (χ1v) is 9.98. The van der Waals surface area contributed by atoms with E-state index in [1.54, 1.807) is 45.0 Å². The summed E-state index contributed by atoms with van der Waals surface area (Å²) in [5.74, 6) is -0.683. The van der Waals surface area contributed by atoms with E-state index in [1.165, 1.54) is 24.3 Å². The molecular weight excluding hydrogens is 430 g/mol. The quantitative estimate of drug-likeness (QED) is 0.507. The van der Waals surface area contributed by atoms with Gasteiger partial charge in [0.1, 0.15) is 11.4 Å². The molecule has 0 aliphatic carbocycles. The standard InChI is InChI=1S/C23H23F4NO4/c1-22(2,3)32-21(30)28-18(12-13-19(28)29)16-6-4-14(5-7-16)15-8-10-17(11-9-15)31-23(26,27)20(24)25/h4-11,18,20H,12-13H2,1-3H3. The lowest BCUT2D eigenvalue weighted by Gasteiger charge is -2.27. The second-order valence-corrected chi connectivity index (χ2v) is 8.41. The fourth-order valence-electron chi connectivity index (χ4n) is 3.35. The molecule has 9 heteroatoms. The van der Waals surface area contributed by atoms with Gasteiger partial charge in [-0.3, -0.25) is 4.79 Å². The SMILES string of the molecule is CC(C)(C)OC(=O)N1C(=O)CCC1c1ccc(-c2ccc(OC(F)(F)C(F)F)cc2)cc1. The number of halogens is 4. The molecule has 32 heavy (non-hydrogen) atoms. The predicted octanol–water partition coefficient (Wildman–Crippen LogP) is 6.19. The molecule has 2 aromatic rings. The van der Waals surface area contributed by atoms with E-state index in [2.05, 4.69) is 4.74 Å². The Kier molecular flexibility index (Phi) is 6.48. The third-order valence-corrected chi connectivity index (χ3v) is 4.79. The zero-order chi connectivity index (χ0) is 23.7. The Bertz CT molecular complexity index is 969. The molecule has 3 rings (SSSR count). The third-order valence-electron chi connectivity index (χ3n) is 4.79. The summed E-state index contributed by atoms with van der Waals surface area (Å²) in [6.45, 7) is 5.17. The number of hydrogen-bond donors (Lipinski definition) is 0. The van der Waals surface area contributed by atoms with Crippen molar-refractivity contribution in [3.8, 4) is 16.9 Å². The van der Waals surface area contributed by atoms with Gasteiger partial charge >= 0.3 is 18.6 Å². The van der Waals surface area contributed by atoms with Crippen LogP contribution in [0.5, 0.6) is 5.75 Å². The Morgan fingerprint density at radius 1 is 1.00 bits per heavy atom. The van der Waals surface area contributed by atoms with Crippen molar-refractivity contribution < 1.29 is 36.6 Å². The largest absolute Gasteiger partial charge is 0.461 e. The van der Waals surface area contributed by atoms with Crippen molar-refractivity contribution in [2.45, 2.75) is 57.8 Å². The van der Waals surface area contributed by atoms with Gasteiger partial charge in [-0.15, -0.1) is 0 Å². The van der Waals surface area contributed by atoms with Gasteiger partial charge in [0.05, 0.1) is 6.04 Å². The molecule has 5 nitrogen and oxygen atoms in total. The van der Waals surface area contributed by atoms with E-state index in [-0.39, 0.29) is 18.1 Å². The molecule has 2 amide bonds. The van der Waals surface area contributed by atoms with Crippen molar-refractivity contribution >= 4 is 12.0 Å². The van der Waals surface area contributed by atoms with Gasteiger partial charge in [-0.05, 0) is 56.0 Å². The van der Waals surface area contributed by atoms with Crippen LogP contribution in [0, 0.1) is 0 Å². The van der Waals surface area contributed by atoms with Gasteiger partial charge in [-0.1, -0.05) is 36.4 Å². The molecule has 0 bridgehead atoms. The Balaban J connectivity index is 1.74. The molecule has 0 N–H and O–H groups in total. The van der Waals surface area contributed by atoms with Crippen molar-refractivity contribution in [1.29, 1.82) is 0 Å². The lowest BCUT2D eigenvalue weighted by Crippen LogP contribution is -2.38. The number of hydrogen-bond acceptors (Lipinski definition) is 4. The highest BCUT2D eigenvalue weighted by Gasteiger charge is 2.44. The number of benzene rings is 2. The maximum atomic E-state index is 13.0. The van der Waals surface area contributed by atoms with E-state index in [9.17, 15) is 27.2 Å². The number of nitrogens with zero attached hydrogens (tertiary/aromatic N) is 1. The molecule has 0 spiro atoms. The van der Waals surface area contributed by atoms with Crippen molar-refractivity contribution in [2.24, 2.45) is 0 Å². The molecule has 1 aliphatic heterocycles. The minimum Gasteiger partial charge on any atom is -0.443 e. The second-order valence-electron chi connectivity index (χ2n) is 8.41. The molecule has 172 valence electrons. The van der Waals surface area contributed by atoms with Crippen LogP contribution >= 0.6 is 0 Å². The summed E-state index contributed by atoms with van der Waals surface area (Å²) in [7, 11) is 0. The summed E-state index contributed by atoms with van der Waals surface area (Å²) in [4.78, 5) is 25.9. The Morgan fingerprint density at radius 3 is 2.03 bits per heavy atom. The number of carbonyl (C=O) groups excluding carboxylic acids is 2. The van der Waals surface area contributed by atoms with E-state index in [0.29, 0.717) is 12.0 Å². The summed E-state index contributed by atoms with van der Waals surface area (Å²) in [6.07, 6.45) is -8.48. The summed E-state index contributed by atoms with van der Waals surface area (Å²) >= 11 is 0. The van der Waals surface area contributed by atoms with Gasteiger partial charge in [0.2, 0.25) is 5.91 Å². The molecule has 1 aliphatic rings. The highest BCUT2D eigenvalue weighted by molar-refractivity contribution is 5.94. The zero-order valence-corrected chi connectivity index (χ0v) is 17.8. The molecule has 1 fully saturated rings. The van der Waals surface area contributed by atoms with E-state index < -0.39 is 30.3 Å². The minimum atomic E-state index is -4.57. The highest BCUT2D eigenvalue weighted by atomic mass is 19.3. The molecule has 0 saturated carbocycles. The van der Waals surface area contributed by atoms with Crippen LogP contribution in [0.25, 0.3) is 11.1 Å². The molecule has 0 aromatic heterocycles. The van der Waals surface area contributed by atoms with Crippen LogP contribution in [-0.2, 0) is 9.53 Å². The van der Waals surface area contributed by atoms with Crippen LogP contribution in [-0.4, -0.2) is 35.0 Å². The second kappa shape index (κ2) is 8.80. The number of rotatable bonds is 5. The summed E-state index contributed by atoms with van der Waals surface area (Å²) in [6, 6.07) is 11.9. The van der Waals surface area contributed by atoms with Crippen molar-refractivity contribution in [3.63, 3.8) is 0 Å². The van der Waals surface area contributed by atoms with E-state index in [1.807, 2.05) is 0 Å². The maximum absolute atomic E-state index is 13.0. The zero-order valence-electron chi connectivity index (χ0n) is 17.8. The van der Waals surface area contributed by atoms with Gasteiger partial charge in [0.25, 0.3) is 0 Å². The minimum absolute atomic E-state index is 0.233. The van der Waals surface area contributed by atoms with Crippen LogP contribution in [0.15, 0.2) is 48.5 Å². The van der Waals surface area contributed by atoms with Gasteiger partial charge in [0, 0.05) is 6.42 Å². The van der Waals surface area contributed by atoms with Gasteiger partial charge in [0.15, 0.2) is 0 Å². The third kappa shape index (κ3) is 5.38. The van der Waals surface area contributed by atoms with Crippen LogP contribution in [0.2, 0.25) is 0 Å². The highest BCUT2D eigenvalue weighted by Crippen LogP contribution is 2.35.